The van der Waals surface area contributed by atoms with Crippen LogP contribution in [0, 0.1) is 13.8 Å². The van der Waals surface area contributed by atoms with Gasteiger partial charge in [0, 0.05) is 19.0 Å². The first-order valence-electron chi connectivity index (χ1n) is 17.0. The van der Waals surface area contributed by atoms with E-state index >= 15 is 0 Å². The molecule has 0 aromatic heterocycles. The minimum atomic E-state index is -4.16. The monoisotopic (exact) mass is 665 g/mol. The van der Waals surface area contributed by atoms with Crippen molar-refractivity contribution in [3.63, 3.8) is 0 Å². The van der Waals surface area contributed by atoms with Crippen LogP contribution in [0.5, 0.6) is 0 Å². The van der Waals surface area contributed by atoms with Gasteiger partial charge in [0.05, 0.1) is 10.6 Å². The Bertz CT molecular complexity index is 1780. The van der Waals surface area contributed by atoms with Crippen molar-refractivity contribution in [3.05, 3.63) is 131 Å². The zero-order valence-corrected chi connectivity index (χ0v) is 29.1. The number of amides is 2. The number of carbonyl (C=O) groups excluding carboxylic acids is 2. The summed E-state index contributed by atoms with van der Waals surface area (Å²) >= 11 is 0. The average Bonchev–Trinajstić information content (AvgIpc) is 3.10. The molecule has 1 unspecified atom stereocenters. The molecule has 1 saturated carbocycles. The lowest BCUT2D eigenvalue weighted by Crippen LogP contribution is -2.55. The Hall–Kier alpha value is -4.43. The predicted octanol–water partition coefficient (Wildman–Crippen LogP) is 7.15. The number of aryl methyl sites for hydroxylation is 3. The molecule has 0 aliphatic heterocycles. The number of carbonyl (C=O) groups is 2. The highest BCUT2D eigenvalue weighted by Gasteiger charge is 2.36. The number of benzene rings is 4. The summed E-state index contributed by atoms with van der Waals surface area (Å²) in [6.07, 6.45) is 5.97. The molecule has 2 amide bonds. The van der Waals surface area contributed by atoms with Crippen molar-refractivity contribution in [3.8, 4) is 0 Å². The number of hydrogen-bond acceptors (Lipinski definition) is 4. The average molecular weight is 666 g/mol. The summed E-state index contributed by atoms with van der Waals surface area (Å²) in [5, 5.41) is 3.27. The first-order chi connectivity index (χ1) is 23.2. The SMILES string of the molecule is CCc1ccccc1N(CC(=O)N(Cc1ccccc1C)C(Cc1ccccc1)C(=O)NC1CCCCC1)S(=O)(=O)c1ccc(C)cc1. The van der Waals surface area contributed by atoms with Crippen LogP contribution in [-0.2, 0) is 39.0 Å². The van der Waals surface area contributed by atoms with Crippen molar-refractivity contribution >= 4 is 27.5 Å². The zero-order valence-electron chi connectivity index (χ0n) is 28.3. The third-order valence-electron chi connectivity index (χ3n) is 9.35. The third-order valence-corrected chi connectivity index (χ3v) is 11.1. The lowest BCUT2D eigenvalue weighted by molar-refractivity contribution is -0.140. The van der Waals surface area contributed by atoms with E-state index < -0.39 is 28.5 Å². The number of anilines is 1. The topological polar surface area (TPSA) is 86.8 Å². The number of hydrogen-bond donors (Lipinski definition) is 1. The molecule has 252 valence electrons. The molecule has 4 aromatic rings. The van der Waals surface area contributed by atoms with Gasteiger partial charge in [-0.25, -0.2) is 8.42 Å². The molecule has 1 N–H and O–H groups in total. The van der Waals surface area contributed by atoms with E-state index in [-0.39, 0.29) is 23.4 Å². The summed E-state index contributed by atoms with van der Waals surface area (Å²) in [6, 6.07) is 30.7. The van der Waals surface area contributed by atoms with Crippen LogP contribution in [0.15, 0.2) is 108 Å². The smallest absolute Gasteiger partial charge is 0.264 e. The maximum atomic E-state index is 14.8. The second kappa shape index (κ2) is 16.1. The van der Waals surface area contributed by atoms with Crippen molar-refractivity contribution < 1.29 is 18.0 Å². The number of para-hydroxylation sites is 1. The fourth-order valence-electron chi connectivity index (χ4n) is 6.47. The Morgan fingerprint density at radius 2 is 1.42 bits per heavy atom. The van der Waals surface area contributed by atoms with E-state index in [1.807, 2.05) is 87.5 Å². The highest BCUT2D eigenvalue weighted by Crippen LogP contribution is 2.29. The third kappa shape index (κ3) is 8.53. The van der Waals surface area contributed by atoms with Gasteiger partial charge in [-0.15, -0.1) is 0 Å². The maximum Gasteiger partial charge on any atom is 0.264 e. The molecular weight excluding hydrogens is 619 g/mol. The van der Waals surface area contributed by atoms with Gasteiger partial charge < -0.3 is 10.2 Å². The lowest BCUT2D eigenvalue weighted by Gasteiger charge is -2.35. The van der Waals surface area contributed by atoms with Crippen LogP contribution in [0.25, 0.3) is 0 Å². The van der Waals surface area contributed by atoms with Crippen molar-refractivity contribution in [1.29, 1.82) is 0 Å². The number of rotatable bonds is 13. The molecule has 7 nitrogen and oxygen atoms in total. The van der Waals surface area contributed by atoms with Gasteiger partial charge in [0.2, 0.25) is 11.8 Å². The number of nitrogens with one attached hydrogen (secondary N) is 1. The molecule has 0 heterocycles. The lowest BCUT2D eigenvalue weighted by atomic mass is 9.94. The van der Waals surface area contributed by atoms with Crippen LogP contribution in [0.2, 0.25) is 0 Å². The van der Waals surface area contributed by atoms with Gasteiger partial charge in [0.25, 0.3) is 10.0 Å². The summed E-state index contributed by atoms with van der Waals surface area (Å²) in [5.41, 5.74) is 5.00. The van der Waals surface area contributed by atoms with E-state index in [9.17, 15) is 18.0 Å². The van der Waals surface area contributed by atoms with Crippen LogP contribution < -0.4 is 9.62 Å². The van der Waals surface area contributed by atoms with E-state index in [2.05, 4.69) is 5.32 Å². The summed E-state index contributed by atoms with van der Waals surface area (Å²) in [4.78, 5) is 30.9. The van der Waals surface area contributed by atoms with Crippen molar-refractivity contribution in [1.82, 2.24) is 10.2 Å². The maximum absolute atomic E-state index is 14.8. The Morgan fingerprint density at radius 1 is 0.792 bits per heavy atom. The fourth-order valence-corrected chi connectivity index (χ4v) is 7.93. The van der Waals surface area contributed by atoms with Gasteiger partial charge in [0.1, 0.15) is 12.6 Å². The molecule has 48 heavy (non-hydrogen) atoms. The highest BCUT2D eigenvalue weighted by molar-refractivity contribution is 7.92. The molecule has 0 spiro atoms. The Balaban J connectivity index is 1.59. The van der Waals surface area contributed by atoms with E-state index in [1.54, 1.807) is 41.3 Å². The molecule has 1 atom stereocenters. The van der Waals surface area contributed by atoms with Crippen LogP contribution in [0.4, 0.5) is 5.69 Å². The Labute approximate surface area is 286 Å². The minimum absolute atomic E-state index is 0.0507. The molecule has 5 rings (SSSR count). The second-order valence-corrected chi connectivity index (χ2v) is 14.7. The van der Waals surface area contributed by atoms with E-state index in [0.29, 0.717) is 18.5 Å². The molecular formula is C40H47N3O4S. The van der Waals surface area contributed by atoms with Crippen molar-refractivity contribution in [2.24, 2.45) is 0 Å². The molecule has 1 aliphatic carbocycles. The van der Waals surface area contributed by atoms with E-state index in [1.165, 1.54) is 4.31 Å². The minimum Gasteiger partial charge on any atom is -0.352 e. The molecule has 4 aromatic carbocycles. The van der Waals surface area contributed by atoms with Crippen molar-refractivity contribution in [2.75, 3.05) is 10.8 Å². The largest absolute Gasteiger partial charge is 0.352 e. The Kier molecular flexibility index (Phi) is 11.7. The van der Waals surface area contributed by atoms with E-state index in [4.69, 9.17) is 0 Å². The predicted molar refractivity (Wildman–Crippen MR) is 192 cm³/mol. The second-order valence-electron chi connectivity index (χ2n) is 12.8. The molecule has 0 saturated heterocycles. The van der Waals surface area contributed by atoms with Gasteiger partial charge in [-0.1, -0.05) is 117 Å². The highest BCUT2D eigenvalue weighted by atomic mass is 32.2. The molecule has 0 radical (unpaired) electrons. The van der Waals surface area contributed by atoms with Crippen LogP contribution in [0.1, 0.15) is 66.8 Å². The van der Waals surface area contributed by atoms with Gasteiger partial charge in [-0.05, 0) is 73.6 Å². The van der Waals surface area contributed by atoms with Gasteiger partial charge in [-0.3, -0.25) is 13.9 Å². The number of nitrogens with zero attached hydrogens (tertiary/aromatic N) is 2. The van der Waals surface area contributed by atoms with E-state index in [0.717, 1.165) is 59.9 Å². The molecule has 1 aliphatic rings. The molecule has 1 fully saturated rings. The molecule has 0 bridgehead atoms. The van der Waals surface area contributed by atoms with Gasteiger partial charge >= 0.3 is 0 Å². The van der Waals surface area contributed by atoms with Crippen LogP contribution in [0.3, 0.4) is 0 Å². The summed E-state index contributed by atoms with van der Waals surface area (Å²) < 4.78 is 30.1. The fraction of sp³-hybridized carbons (Fsp3) is 0.350. The van der Waals surface area contributed by atoms with Crippen LogP contribution >= 0.6 is 0 Å². The summed E-state index contributed by atoms with van der Waals surface area (Å²) in [7, 11) is -4.16. The van der Waals surface area contributed by atoms with Gasteiger partial charge in [-0.2, -0.15) is 0 Å². The first-order valence-corrected chi connectivity index (χ1v) is 18.5. The van der Waals surface area contributed by atoms with Crippen LogP contribution in [-0.4, -0.2) is 43.8 Å². The Morgan fingerprint density at radius 3 is 2.08 bits per heavy atom. The summed E-state index contributed by atoms with van der Waals surface area (Å²) in [5.74, 6) is -0.658. The first kappa shape index (κ1) is 34.9. The standard InChI is InChI=1S/C40H47N3O4S/c1-4-33-18-13-14-22-37(33)43(48(46,47)36-25-23-30(2)24-26-36)29-39(44)42(28-34-19-12-11-15-31(34)3)38(27-32-16-7-5-8-17-32)40(45)41-35-20-9-6-10-21-35/h5,7-8,11-19,22-26,35,38H,4,6,9-10,20-21,27-29H2,1-3H3,(H,41,45). The zero-order chi connectivity index (χ0) is 34.1. The molecule has 8 heteroatoms. The summed E-state index contributed by atoms with van der Waals surface area (Å²) in [6.45, 7) is 5.56. The van der Waals surface area contributed by atoms with Crippen molar-refractivity contribution in [2.45, 2.75) is 89.2 Å². The number of sulfonamides is 1. The van der Waals surface area contributed by atoms with Gasteiger partial charge in [0.15, 0.2) is 0 Å². The normalized spacial score (nSPS) is 14.2. The quantitative estimate of drug-likeness (QED) is 0.164.